The maximum absolute atomic E-state index is 13.8. The van der Waals surface area contributed by atoms with Crippen LogP contribution in [0.1, 0.15) is 63.5 Å². The molecule has 1 heterocycles. The minimum atomic E-state index is -1.47. The van der Waals surface area contributed by atoms with E-state index in [0.29, 0.717) is 13.2 Å². The predicted octanol–water partition coefficient (Wildman–Crippen LogP) is 5.17. The first kappa shape index (κ1) is 28.0. The molecule has 1 aliphatic heterocycles. The summed E-state index contributed by atoms with van der Waals surface area (Å²) >= 11 is 0. The van der Waals surface area contributed by atoms with Gasteiger partial charge in [0.25, 0.3) is 0 Å². The first-order chi connectivity index (χ1) is 19.1. The molecular formula is C31H38N2O7. The molecule has 214 valence electrons. The van der Waals surface area contributed by atoms with Crippen LogP contribution in [0.15, 0.2) is 48.5 Å². The van der Waals surface area contributed by atoms with Crippen molar-refractivity contribution in [3.05, 3.63) is 59.7 Å². The lowest BCUT2D eigenvalue weighted by molar-refractivity contribution is -0.159. The Morgan fingerprint density at radius 2 is 1.57 bits per heavy atom. The Kier molecular flexibility index (Phi) is 7.77. The maximum Gasteiger partial charge on any atom is 0.410 e. The van der Waals surface area contributed by atoms with Crippen LogP contribution in [0.25, 0.3) is 11.1 Å². The van der Waals surface area contributed by atoms with Crippen molar-refractivity contribution in [2.24, 2.45) is 5.92 Å². The summed E-state index contributed by atoms with van der Waals surface area (Å²) in [5.41, 5.74) is 2.27. The summed E-state index contributed by atoms with van der Waals surface area (Å²) in [4.78, 5) is 40.2. The fourth-order valence-electron chi connectivity index (χ4n) is 6.13. The number of carboxylic acids is 1. The molecule has 2 aliphatic carbocycles. The van der Waals surface area contributed by atoms with Gasteiger partial charge in [-0.25, -0.2) is 14.4 Å². The molecule has 0 spiro atoms. The lowest BCUT2D eigenvalue weighted by atomic mass is 9.71. The number of carbonyl (C=O) groups is 3. The van der Waals surface area contributed by atoms with E-state index in [1.165, 1.54) is 4.90 Å². The van der Waals surface area contributed by atoms with Crippen molar-refractivity contribution < 1.29 is 33.7 Å². The van der Waals surface area contributed by atoms with E-state index in [-0.39, 0.29) is 37.8 Å². The number of benzene rings is 2. The number of hydrogen-bond acceptors (Lipinski definition) is 6. The summed E-state index contributed by atoms with van der Waals surface area (Å²) in [6, 6.07) is 15.7. The van der Waals surface area contributed by atoms with Gasteiger partial charge in [-0.05, 0) is 61.8 Å². The summed E-state index contributed by atoms with van der Waals surface area (Å²) < 4.78 is 16.8. The van der Waals surface area contributed by atoms with E-state index in [1.54, 1.807) is 20.8 Å². The second-order valence-electron chi connectivity index (χ2n) is 12.1. The molecule has 2 fully saturated rings. The topological polar surface area (TPSA) is 114 Å². The third-order valence-electron chi connectivity index (χ3n) is 8.14. The van der Waals surface area contributed by atoms with E-state index >= 15 is 0 Å². The molecule has 2 aromatic carbocycles. The zero-order valence-corrected chi connectivity index (χ0v) is 23.4. The maximum atomic E-state index is 13.8. The highest BCUT2D eigenvalue weighted by atomic mass is 16.6. The average Bonchev–Trinajstić information content (AvgIpc) is 3.21. The van der Waals surface area contributed by atoms with Crippen molar-refractivity contribution >= 4 is 18.2 Å². The van der Waals surface area contributed by atoms with Crippen LogP contribution >= 0.6 is 0 Å². The summed E-state index contributed by atoms with van der Waals surface area (Å²) in [5.74, 6) is -1.14. The molecule has 3 aliphatic rings. The van der Waals surface area contributed by atoms with Crippen LogP contribution in [0.4, 0.5) is 9.59 Å². The second kappa shape index (κ2) is 11.1. The highest BCUT2D eigenvalue weighted by Gasteiger charge is 2.58. The second-order valence-corrected chi connectivity index (χ2v) is 12.1. The summed E-state index contributed by atoms with van der Waals surface area (Å²) in [6.07, 6.45) is 0.384. The smallest absolute Gasteiger partial charge is 0.410 e. The van der Waals surface area contributed by atoms with Gasteiger partial charge in [-0.15, -0.1) is 0 Å². The van der Waals surface area contributed by atoms with Crippen molar-refractivity contribution in [3.8, 4) is 11.1 Å². The van der Waals surface area contributed by atoms with Gasteiger partial charge in [0.2, 0.25) is 0 Å². The van der Waals surface area contributed by atoms with Crippen LogP contribution in [0, 0.1) is 5.92 Å². The van der Waals surface area contributed by atoms with Crippen molar-refractivity contribution in [3.63, 3.8) is 0 Å². The number of alkyl carbamates (subject to hydrolysis) is 1. The summed E-state index contributed by atoms with van der Waals surface area (Å²) in [5, 5.41) is 13.1. The van der Waals surface area contributed by atoms with E-state index < -0.39 is 35.3 Å². The third kappa shape index (κ3) is 5.66. The van der Waals surface area contributed by atoms with E-state index in [4.69, 9.17) is 14.2 Å². The number of carbonyl (C=O) groups excluding carboxylic acids is 2. The fourth-order valence-corrected chi connectivity index (χ4v) is 6.13. The minimum absolute atomic E-state index is 0.0784. The number of carboxylic acid groups (broad SMARTS) is 1. The molecule has 2 N–H and O–H groups in total. The number of nitrogens with one attached hydrogen (secondary N) is 1. The molecule has 2 aromatic rings. The first-order valence-electron chi connectivity index (χ1n) is 14.0. The van der Waals surface area contributed by atoms with Crippen LogP contribution in [0.5, 0.6) is 0 Å². The van der Waals surface area contributed by atoms with Crippen molar-refractivity contribution in [1.82, 2.24) is 10.2 Å². The molecule has 0 aromatic heterocycles. The number of amides is 2. The summed E-state index contributed by atoms with van der Waals surface area (Å²) in [7, 11) is 0. The van der Waals surface area contributed by atoms with E-state index in [2.05, 4.69) is 17.4 Å². The third-order valence-corrected chi connectivity index (χ3v) is 8.14. The molecule has 1 saturated heterocycles. The van der Waals surface area contributed by atoms with E-state index in [0.717, 1.165) is 35.1 Å². The van der Waals surface area contributed by atoms with Crippen LogP contribution in [-0.2, 0) is 19.0 Å². The molecule has 2 amide bonds. The van der Waals surface area contributed by atoms with Gasteiger partial charge in [-0.3, -0.25) is 4.90 Å². The van der Waals surface area contributed by atoms with Gasteiger partial charge < -0.3 is 24.6 Å². The highest BCUT2D eigenvalue weighted by Crippen LogP contribution is 2.45. The monoisotopic (exact) mass is 550 g/mol. The number of rotatable bonds is 7. The number of nitrogens with zero attached hydrogens (tertiary/aromatic N) is 1. The Labute approximate surface area is 234 Å². The van der Waals surface area contributed by atoms with Crippen LogP contribution in [-0.4, -0.2) is 71.7 Å². The molecule has 9 nitrogen and oxygen atoms in total. The number of ether oxygens (including phenoxy) is 3. The minimum Gasteiger partial charge on any atom is -0.479 e. The number of fused-ring (bicyclic) bond motifs is 3. The Balaban J connectivity index is 1.33. The van der Waals surface area contributed by atoms with Gasteiger partial charge in [0.15, 0.2) is 0 Å². The SMILES string of the molecule is CC(C)(C)OC(=O)NC1CC(C(=O)O)(N(CC2CCOCC2)C(=O)OCC2c3ccccc3-c3ccccc32)C1. The van der Waals surface area contributed by atoms with Gasteiger partial charge >= 0.3 is 18.2 Å². The Bertz CT molecular complexity index is 1210. The van der Waals surface area contributed by atoms with Crippen LogP contribution in [0.3, 0.4) is 0 Å². The standard InChI is InChI=1S/C31H38N2O7/c1-30(2,3)40-28(36)32-21-16-31(17-21,27(34)35)33(18-20-12-14-38-15-13-20)29(37)39-19-26-24-10-6-4-8-22(24)23-9-5-7-11-25(23)26/h4-11,20-21,26H,12-19H2,1-3H3,(H,32,36)(H,34,35). The molecule has 0 radical (unpaired) electrons. The average molecular weight is 551 g/mol. The van der Waals surface area contributed by atoms with Crippen molar-refractivity contribution in [2.75, 3.05) is 26.4 Å². The van der Waals surface area contributed by atoms with Gasteiger partial charge in [0.1, 0.15) is 17.7 Å². The number of aliphatic carboxylic acids is 1. The quantitative estimate of drug-likeness (QED) is 0.489. The van der Waals surface area contributed by atoms with Crippen LogP contribution < -0.4 is 5.32 Å². The van der Waals surface area contributed by atoms with E-state index in [1.807, 2.05) is 36.4 Å². The predicted molar refractivity (Wildman–Crippen MR) is 148 cm³/mol. The molecule has 0 bridgehead atoms. The lowest BCUT2D eigenvalue weighted by Gasteiger charge is -2.51. The molecule has 40 heavy (non-hydrogen) atoms. The fraction of sp³-hybridized carbons (Fsp3) is 0.516. The zero-order valence-electron chi connectivity index (χ0n) is 23.4. The van der Waals surface area contributed by atoms with Crippen molar-refractivity contribution in [1.29, 1.82) is 0 Å². The lowest BCUT2D eigenvalue weighted by Crippen LogP contribution is -2.69. The molecule has 9 heteroatoms. The molecule has 0 unspecified atom stereocenters. The van der Waals surface area contributed by atoms with Gasteiger partial charge in [-0.2, -0.15) is 0 Å². The Hall–Kier alpha value is -3.59. The molecular weight excluding hydrogens is 512 g/mol. The molecule has 1 saturated carbocycles. The molecule has 5 rings (SSSR count). The largest absolute Gasteiger partial charge is 0.479 e. The van der Waals surface area contributed by atoms with Gasteiger partial charge in [-0.1, -0.05) is 48.5 Å². The Morgan fingerprint density at radius 1 is 1.00 bits per heavy atom. The van der Waals surface area contributed by atoms with Gasteiger partial charge in [0, 0.05) is 44.6 Å². The number of hydrogen-bond donors (Lipinski definition) is 2. The molecule has 0 atom stereocenters. The van der Waals surface area contributed by atoms with Crippen LogP contribution in [0.2, 0.25) is 0 Å². The van der Waals surface area contributed by atoms with Gasteiger partial charge in [0.05, 0.1) is 0 Å². The van der Waals surface area contributed by atoms with E-state index in [9.17, 15) is 19.5 Å². The first-order valence-corrected chi connectivity index (χ1v) is 14.0. The van der Waals surface area contributed by atoms with Crippen molar-refractivity contribution in [2.45, 2.75) is 69.6 Å². The normalized spacial score (nSPS) is 22.4. The Morgan fingerprint density at radius 3 is 2.12 bits per heavy atom. The summed E-state index contributed by atoms with van der Waals surface area (Å²) in [6.45, 7) is 6.81. The zero-order chi connectivity index (χ0) is 28.5. The highest BCUT2D eigenvalue weighted by molar-refractivity contribution is 5.86.